The highest BCUT2D eigenvalue weighted by Gasteiger charge is 2.19. The van der Waals surface area contributed by atoms with E-state index >= 15 is 0 Å². The maximum absolute atomic E-state index is 12.4. The molecular formula is C20H21N3O4S. The molecule has 0 aliphatic heterocycles. The van der Waals surface area contributed by atoms with Gasteiger partial charge in [-0.25, -0.2) is 0 Å². The third-order valence-electron chi connectivity index (χ3n) is 4.04. The smallest absolute Gasteiger partial charge is 0.277 e. The maximum Gasteiger partial charge on any atom is 0.277 e. The number of hydrogen-bond donors (Lipinski definition) is 1. The fourth-order valence-electron chi connectivity index (χ4n) is 2.49. The number of carbonyl (C=O) groups is 1. The van der Waals surface area contributed by atoms with Gasteiger partial charge in [0.05, 0.1) is 19.5 Å². The van der Waals surface area contributed by atoms with Gasteiger partial charge in [-0.1, -0.05) is 30.0 Å². The largest absolute Gasteiger partial charge is 0.497 e. The minimum Gasteiger partial charge on any atom is -0.497 e. The van der Waals surface area contributed by atoms with Crippen LogP contribution in [0.5, 0.6) is 11.5 Å². The second-order valence-corrected chi connectivity index (χ2v) is 7.18. The number of hydrogen-bond acceptors (Lipinski definition) is 7. The van der Waals surface area contributed by atoms with E-state index in [0.717, 1.165) is 22.6 Å². The quantitative estimate of drug-likeness (QED) is 0.580. The molecule has 0 aliphatic carbocycles. The summed E-state index contributed by atoms with van der Waals surface area (Å²) in [6.45, 7) is 2.17. The van der Waals surface area contributed by atoms with Crippen LogP contribution < -0.4 is 14.8 Å². The number of nitrogens with zero attached hydrogens (tertiary/aromatic N) is 2. The number of methoxy groups -OCH3 is 2. The van der Waals surface area contributed by atoms with Gasteiger partial charge in [0.1, 0.15) is 11.5 Å². The zero-order valence-corrected chi connectivity index (χ0v) is 16.7. The average Bonchev–Trinajstić information content (AvgIpc) is 3.20. The highest BCUT2D eigenvalue weighted by Crippen LogP contribution is 2.27. The molecule has 0 radical (unpaired) electrons. The lowest BCUT2D eigenvalue weighted by Gasteiger charge is -2.12. The fourth-order valence-corrected chi connectivity index (χ4v) is 3.20. The van der Waals surface area contributed by atoms with Gasteiger partial charge in [0.2, 0.25) is 11.8 Å². The number of para-hydroxylation sites is 1. The van der Waals surface area contributed by atoms with E-state index in [1.807, 2.05) is 48.5 Å². The van der Waals surface area contributed by atoms with Crippen molar-refractivity contribution in [1.29, 1.82) is 0 Å². The normalized spacial score (nSPS) is 11.7. The molecule has 0 fully saturated rings. The minimum absolute atomic E-state index is 0.125. The van der Waals surface area contributed by atoms with Crippen LogP contribution in [0, 0.1) is 0 Å². The monoisotopic (exact) mass is 399 g/mol. The molecule has 8 heteroatoms. The van der Waals surface area contributed by atoms with Crippen molar-refractivity contribution in [1.82, 2.24) is 15.5 Å². The first-order chi connectivity index (χ1) is 13.6. The third kappa shape index (κ3) is 4.83. The minimum atomic E-state index is -0.390. The first-order valence-corrected chi connectivity index (χ1v) is 9.53. The van der Waals surface area contributed by atoms with E-state index in [4.69, 9.17) is 13.9 Å². The molecule has 1 aromatic heterocycles. The Bertz CT molecular complexity index is 927. The fraction of sp³-hybridized carbons (Fsp3) is 0.250. The van der Waals surface area contributed by atoms with Gasteiger partial charge >= 0.3 is 0 Å². The molecule has 1 N–H and O–H groups in total. The number of benzene rings is 2. The summed E-state index contributed by atoms with van der Waals surface area (Å²) in [6.07, 6.45) is 0. The molecule has 7 nitrogen and oxygen atoms in total. The van der Waals surface area contributed by atoms with Gasteiger partial charge in [0.15, 0.2) is 0 Å². The van der Waals surface area contributed by atoms with Crippen molar-refractivity contribution < 1.29 is 18.7 Å². The van der Waals surface area contributed by atoms with Crippen LogP contribution in [0.25, 0.3) is 11.5 Å². The Morgan fingerprint density at radius 3 is 2.57 bits per heavy atom. The molecule has 0 aliphatic rings. The Kier molecular flexibility index (Phi) is 6.54. The predicted octanol–water partition coefficient (Wildman–Crippen LogP) is 3.55. The first kappa shape index (κ1) is 19.8. The molecule has 0 unspecified atom stereocenters. The second kappa shape index (κ2) is 9.27. The topological polar surface area (TPSA) is 86.5 Å². The standard InChI is InChI=1S/C20H21N3O4S/c1-13(18(24)21-12-15-6-4-5-7-17(15)26-3)28-20-23-22-19(27-20)14-8-10-16(25-2)11-9-14/h4-11,13H,12H2,1-3H3,(H,21,24)/t13-/m0/s1. The second-order valence-electron chi connectivity index (χ2n) is 5.89. The number of carbonyl (C=O) groups excluding carboxylic acids is 1. The summed E-state index contributed by atoms with van der Waals surface area (Å²) in [5.41, 5.74) is 1.70. The van der Waals surface area contributed by atoms with Crippen molar-refractivity contribution in [2.45, 2.75) is 23.9 Å². The summed E-state index contributed by atoms with van der Waals surface area (Å²) in [4.78, 5) is 12.4. The van der Waals surface area contributed by atoms with Crippen LogP contribution in [-0.2, 0) is 11.3 Å². The van der Waals surface area contributed by atoms with Crippen LogP contribution in [0.15, 0.2) is 58.2 Å². The zero-order valence-electron chi connectivity index (χ0n) is 15.8. The van der Waals surface area contributed by atoms with Crippen molar-refractivity contribution >= 4 is 17.7 Å². The Hall–Kier alpha value is -3.00. The van der Waals surface area contributed by atoms with Crippen molar-refractivity contribution in [3.63, 3.8) is 0 Å². The number of thioether (sulfide) groups is 1. The number of amides is 1. The predicted molar refractivity (Wildman–Crippen MR) is 106 cm³/mol. The molecule has 3 rings (SSSR count). The van der Waals surface area contributed by atoms with Crippen molar-refractivity contribution in [2.24, 2.45) is 0 Å². The van der Waals surface area contributed by atoms with E-state index in [9.17, 15) is 4.79 Å². The highest BCUT2D eigenvalue weighted by molar-refractivity contribution is 8.00. The maximum atomic E-state index is 12.4. The Labute approximate surface area is 167 Å². The summed E-state index contributed by atoms with van der Waals surface area (Å²) < 4.78 is 16.1. The Balaban J connectivity index is 1.57. The van der Waals surface area contributed by atoms with E-state index in [1.54, 1.807) is 21.1 Å². The first-order valence-electron chi connectivity index (χ1n) is 8.65. The summed E-state index contributed by atoms with van der Waals surface area (Å²) in [5.74, 6) is 1.76. The van der Waals surface area contributed by atoms with Gasteiger partial charge in [0, 0.05) is 17.7 Å². The van der Waals surface area contributed by atoms with E-state index in [2.05, 4.69) is 15.5 Å². The Morgan fingerprint density at radius 1 is 1.11 bits per heavy atom. The van der Waals surface area contributed by atoms with E-state index in [-0.39, 0.29) is 11.2 Å². The van der Waals surface area contributed by atoms with Gasteiger partial charge in [-0.2, -0.15) is 0 Å². The summed E-state index contributed by atoms with van der Waals surface area (Å²) >= 11 is 1.21. The lowest BCUT2D eigenvalue weighted by atomic mass is 10.2. The highest BCUT2D eigenvalue weighted by atomic mass is 32.2. The summed E-state index contributed by atoms with van der Waals surface area (Å²) in [6, 6.07) is 14.9. The molecular weight excluding hydrogens is 378 g/mol. The van der Waals surface area contributed by atoms with Crippen molar-refractivity contribution in [3.8, 4) is 23.0 Å². The molecule has 0 spiro atoms. The molecule has 0 bridgehead atoms. The number of rotatable bonds is 8. The van der Waals surface area contributed by atoms with Crippen LogP contribution in [0.2, 0.25) is 0 Å². The molecule has 28 heavy (non-hydrogen) atoms. The number of aromatic nitrogens is 2. The van der Waals surface area contributed by atoms with E-state index in [1.165, 1.54) is 11.8 Å². The number of nitrogens with one attached hydrogen (secondary N) is 1. The van der Waals surface area contributed by atoms with Crippen molar-refractivity contribution in [3.05, 3.63) is 54.1 Å². The van der Waals surface area contributed by atoms with Gasteiger partial charge in [-0.3, -0.25) is 4.79 Å². The average molecular weight is 399 g/mol. The Morgan fingerprint density at radius 2 is 1.86 bits per heavy atom. The van der Waals surface area contributed by atoms with Crippen LogP contribution in [0.1, 0.15) is 12.5 Å². The van der Waals surface area contributed by atoms with E-state index in [0.29, 0.717) is 17.7 Å². The molecule has 1 amide bonds. The van der Waals surface area contributed by atoms with Crippen LogP contribution in [0.3, 0.4) is 0 Å². The lowest BCUT2D eigenvalue weighted by molar-refractivity contribution is -0.120. The molecule has 146 valence electrons. The van der Waals surface area contributed by atoms with Crippen LogP contribution >= 0.6 is 11.8 Å². The molecule has 1 atom stereocenters. The summed E-state index contributed by atoms with van der Waals surface area (Å²) in [5, 5.41) is 10.9. The molecule has 0 saturated carbocycles. The summed E-state index contributed by atoms with van der Waals surface area (Å²) in [7, 11) is 3.21. The SMILES string of the molecule is COc1ccc(-c2nnc(S[C@@H](C)C(=O)NCc3ccccc3OC)o2)cc1. The van der Waals surface area contributed by atoms with Gasteiger partial charge in [-0.05, 0) is 37.3 Å². The molecule has 2 aromatic carbocycles. The van der Waals surface area contributed by atoms with E-state index < -0.39 is 0 Å². The zero-order chi connectivity index (χ0) is 19.9. The molecule has 3 aromatic rings. The molecule has 0 saturated heterocycles. The van der Waals surface area contributed by atoms with Gasteiger partial charge in [0.25, 0.3) is 5.22 Å². The van der Waals surface area contributed by atoms with Crippen molar-refractivity contribution in [2.75, 3.05) is 14.2 Å². The lowest BCUT2D eigenvalue weighted by Crippen LogP contribution is -2.30. The third-order valence-corrected chi connectivity index (χ3v) is 4.97. The van der Waals surface area contributed by atoms with Crippen LogP contribution in [-0.4, -0.2) is 35.6 Å². The number of ether oxygens (including phenoxy) is 2. The van der Waals surface area contributed by atoms with Crippen LogP contribution in [0.4, 0.5) is 0 Å². The van der Waals surface area contributed by atoms with Gasteiger partial charge in [-0.15, -0.1) is 10.2 Å². The molecule has 1 heterocycles. The van der Waals surface area contributed by atoms with Gasteiger partial charge < -0.3 is 19.2 Å².